The van der Waals surface area contributed by atoms with Crippen molar-refractivity contribution in [2.75, 3.05) is 30.0 Å². The maximum Gasteiger partial charge on any atom is 0.180 e. The highest BCUT2D eigenvalue weighted by molar-refractivity contribution is 7.91. The molecule has 1 aromatic rings. The molecule has 1 aliphatic heterocycles. The molecule has 0 bridgehead atoms. The monoisotopic (exact) mass is 332 g/mol. The number of morpholine rings is 1. The van der Waals surface area contributed by atoms with Crippen molar-refractivity contribution in [1.29, 1.82) is 0 Å². The van der Waals surface area contributed by atoms with Crippen LogP contribution < -0.4 is 10.6 Å². The molecule has 118 valence electrons. The Kier molecular flexibility index (Phi) is 4.32. The maximum absolute atomic E-state index is 12.1. The Bertz CT molecular complexity index is 656. The number of Topliss-reactive ketones (excluding diaryl/α,β-unsaturated/α-hetero) is 1. The number of nitrogen functional groups attached to an aromatic ring is 1. The van der Waals surface area contributed by atoms with Crippen LogP contribution in [-0.2, 0) is 14.6 Å². The van der Waals surface area contributed by atoms with Gasteiger partial charge in [0.15, 0.2) is 15.6 Å². The summed E-state index contributed by atoms with van der Waals surface area (Å²) in [4.78, 5) is 14.0. The van der Waals surface area contributed by atoms with Crippen LogP contribution >= 0.6 is 11.3 Å². The smallest absolute Gasteiger partial charge is 0.180 e. The zero-order valence-corrected chi connectivity index (χ0v) is 14.2. The van der Waals surface area contributed by atoms with Crippen LogP contribution in [0.15, 0.2) is 4.90 Å². The molecule has 0 spiro atoms. The standard InChI is InChI=1S/C13H20N2O4S2/c1-7-5-15(6-8(2)19-7)13-12(21(4,17)18)10(14)11(20-13)9(3)16/h7-8H,5-6,14H2,1-4H3. The van der Waals surface area contributed by atoms with Gasteiger partial charge >= 0.3 is 0 Å². The second-order valence-corrected chi connectivity index (χ2v) is 8.42. The van der Waals surface area contributed by atoms with Crippen molar-refractivity contribution >= 4 is 37.6 Å². The predicted octanol–water partition coefficient (Wildman–Crippen LogP) is 1.55. The van der Waals surface area contributed by atoms with Crippen molar-refractivity contribution in [3.05, 3.63) is 4.88 Å². The van der Waals surface area contributed by atoms with Crippen LogP contribution in [0.3, 0.4) is 0 Å². The van der Waals surface area contributed by atoms with Gasteiger partial charge in [0.05, 0.1) is 22.8 Å². The molecule has 1 aromatic heterocycles. The van der Waals surface area contributed by atoms with Crippen LogP contribution in [0.4, 0.5) is 10.7 Å². The van der Waals surface area contributed by atoms with E-state index in [0.29, 0.717) is 23.0 Å². The van der Waals surface area contributed by atoms with Gasteiger partial charge in [-0.3, -0.25) is 4.79 Å². The summed E-state index contributed by atoms with van der Waals surface area (Å²) >= 11 is 1.15. The highest BCUT2D eigenvalue weighted by atomic mass is 32.2. The zero-order valence-electron chi connectivity index (χ0n) is 12.5. The van der Waals surface area contributed by atoms with Gasteiger partial charge in [0.25, 0.3) is 0 Å². The third kappa shape index (κ3) is 3.22. The van der Waals surface area contributed by atoms with E-state index in [9.17, 15) is 13.2 Å². The molecule has 0 aromatic carbocycles. The van der Waals surface area contributed by atoms with Crippen molar-refractivity contribution < 1.29 is 17.9 Å². The summed E-state index contributed by atoms with van der Waals surface area (Å²) in [5.74, 6) is -0.219. The van der Waals surface area contributed by atoms with Crippen LogP contribution in [-0.4, -0.2) is 45.8 Å². The molecule has 2 atom stereocenters. The third-order valence-electron chi connectivity index (χ3n) is 3.28. The molecule has 0 saturated carbocycles. The van der Waals surface area contributed by atoms with Crippen molar-refractivity contribution in [2.45, 2.75) is 37.9 Å². The second-order valence-electron chi connectivity index (χ2n) is 5.47. The Balaban J connectivity index is 2.57. The highest BCUT2D eigenvalue weighted by Gasteiger charge is 2.32. The summed E-state index contributed by atoms with van der Waals surface area (Å²) in [6.07, 6.45) is 1.10. The first-order chi connectivity index (χ1) is 9.61. The van der Waals surface area contributed by atoms with E-state index in [1.807, 2.05) is 18.7 Å². The minimum absolute atomic E-state index is 0.00902. The molecule has 2 rings (SSSR count). The first-order valence-electron chi connectivity index (χ1n) is 6.65. The van der Waals surface area contributed by atoms with E-state index in [4.69, 9.17) is 10.5 Å². The number of carbonyl (C=O) groups excluding carboxylic acids is 1. The number of sulfone groups is 1. The van der Waals surface area contributed by atoms with Crippen molar-refractivity contribution in [3.8, 4) is 0 Å². The SMILES string of the molecule is CC(=O)c1sc(N2CC(C)OC(C)C2)c(S(C)(=O)=O)c1N. The van der Waals surface area contributed by atoms with Gasteiger partial charge in [-0.15, -0.1) is 11.3 Å². The fourth-order valence-corrected chi connectivity index (χ4v) is 5.21. The molecule has 2 unspecified atom stereocenters. The fraction of sp³-hybridized carbons (Fsp3) is 0.615. The number of carbonyl (C=O) groups is 1. The number of hydrogen-bond acceptors (Lipinski definition) is 7. The lowest BCUT2D eigenvalue weighted by Crippen LogP contribution is -2.45. The number of thiophene rings is 1. The van der Waals surface area contributed by atoms with Gasteiger partial charge in [0.1, 0.15) is 9.90 Å². The number of hydrogen-bond donors (Lipinski definition) is 1. The van der Waals surface area contributed by atoms with Gasteiger partial charge in [-0.05, 0) is 13.8 Å². The molecule has 2 heterocycles. The Morgan fingerprint density at radius 3 is 2.29 bits per heavy atom. The topological polar surface area (TPSA) is 89.7 Å². The fourth-order valence-electron chi connectivity index (χ4n) is 2.59. The van der Waals surface area contributed by atoms with E-state index in [0.717, 1.165) is 17.6 Å². The summed E-state index contributed by atoms with van der Waals surface area (Å²) in [5, 5.41) is 0.544. The predicted molar refractivity (Wildman–Crippen MR) is 84.1 cm³/mol. The van der Waals surface area contributed by atoms with E-state index in [1.54, 1.807) is 0 Å². The Morgan fingerprint density at radius 1 is 1.33 bits per heavy atom. The molecule has 1 aliphatic rings. The van der Waals surface area contributed by atoms with Crippen LogP contribution in [0.5, 0.6) is 0 Å². The lowest BCUT2D eigenvalue weighted by Gasteiger charge is -2.36. The van der Waals surface area contributed by atoms with Crippen LogP contribution in [0.1, 0.15) is 30.4 Å². The van der Waals surface area contributed by atoms with Gasteiger partial charge in [0.2, 0.25) is 0 Å². The Hall–Kier alpha value is -1.12. The number of rotatable bonds is 3. The molecule has 1 fully saturated rings. The Morgan fingerprint density at radius 2 is 1.86 bits per heavy atom. The van der Waals surface area contributed by atoms with E-state index in [1.165, 1.54) is 6.92 Å². The number of nitrogens with two attached hydrogens (primary N) is 1. The first kappa shape index (κ1) is 16.3. The quantitative estimate of drug-likeness (QED) is 0.845. The van der Waals surface area contributed by atoms with E-state index < -0.39 is 9.84 Å². The van der Waals surface area contributed by atoms with E-state index in [-0.39, 0.29) is 28.6 Å². The van der Waals surface area contributed by atoms with Gasteiger partial charge < -0.3 is 15.4 Å². The normalized spacial score (nSPS) is 23.3. The maximum atomic E-state index is 12.1. The molecule has 0 amide bonds. The van der Waals surface area contributed by atoms with E-state index >= 15 is 0 Å². The average molecular weight is 332 g/mol. The zero-order chi connectivity index (χ0) is 15.9. The highest BCUT2D eigenvalue weighted by Crippen LogP contribution is 2.42. The van der Waals surface area contributed by atoms with Crippen LogP contribution in [0.25, 0.3) is 0 Å². The minimum Gasteiger partial charge on any atom is -0.396 e. The number of ether oxygens (including phenoxy) is 1. The minimum atomic E-state index is -3.51. The van der Waals surface area contributed by atoms with Crippen molar-refractivity contribution in [2.24, 2.45) is 0 Å². The number of anilines is 2. The number of ketones is 1. The second kappa shape index (κ2) is 5.58. The molecule has 0 radical (unpaired) electrons. The molecule has 0 aliphatic carbocycles. The molecular formula is C13H20N2O4S2. The summed E-state index contributed by atoms with van der Waals surface area (Å²) in [5.41, 5.74) is 5.99. The Labute approximate surface area is 128 Å². The summed E-state index contributed by atoms with van der Waals surface area (Å²) in [7, 11) is -3.51. The summed E-state index contributed by atoms with van der Waals surface area (Å²) in [6.45, 7) is 6.41. The van der Waals surface area contributed by atoms with Crippen LogP contribution in [0, 0.1) is 0 Å². The van der Waals surface area contributed by atoms with E-state index in [2.05, 4.69) is 0 Å². The molecule has 1 saturated heterocycles. The van der Waals surface area contributed by atoms with Gasteiger partial charge in [-0.25, -0.2) is 8.42 Å². The van der Waals surface area contributed by atoms with Gasteiger partial charge in [-0.1, -0.05) is 0 Å². The third-order valence-corrected chi connectivity index (χ3v) is 5.93. The molecule has 6 nitrogen and oxygen atoms in total. The largest absolute Gasteiger partial charge is 0.396 e. The van der Waals surface area contributed by atoms with Crippen LogP contribution in [0.2, 0.25) is 0 Å². The lowest BCUT2D eigenvalue weighted by atomic mass is 10.2. The van der Waals surface area contributed by atoms with Crippen molar-refractivity contribution in [1.82, 2.24) is 0 Å². The molecule has 8 heteroatoms. The average Bonchev–Trinajstić information content (AvgIpc) is 2.65. The molecule has 2 N–H and O–H groups in total. The van der Waals surface area contributed by atoms with Gasteiger partial charge in [-0.2, -0.15) is 0 Å². The first-order valence-corrected chi connectivity index (χ1v) is 9.35. The molecular weight excluding hydrogens is 312 g/mol. The lowest BCUT2D eigenvalue weighted by molar-refractivity contribution is -0.00515. The summed E-state index contributed by atoms with van der Waals surface area (Å²) in [6, 6.07) is 0. The summed E-state index contributed by atoms with van der Waals surface area (Å²) < 4.78 is 29.8. The molecule has 21 heavy (non-hydrogen) atoms. The van der Waals surface area contributed by atoms with Crippen molar-refractivity contribution in [3.63, 3.8) is 0 Å². The van der Waals surface area contributed by atoms with Gasteiger partial charge in [0, 0.05) is 26.3 Å². The number of nitrogens with zero attached hydrogens (tertiary/aromatic N) is 1.